The lowest BCUT2D eigenvalue weighted by Crippen LogP contribution is -2.45. The Labute approximate surface area is 126 Å². The van der Waals surface area contributed by atoms with Crippen LogP contribution >= 0.6 is 0 Å². The van der Waals surface area contributed by atoms with Crippen LogP contribution < -0.4 is 10.5 Å². The fourth-order valence-corrected chi connectivity index (χ4v) is 3.31. The van der Waals surface area contributed by atoms with Gasteiger partial charge in [0.05, 0.1) is 0 Å². The lowest BCUT2D eigenvalue weighted by molar-refractivity contribution is 0.0861. The summed E-state index contributed by atoms with van der Waals surface area (Å²) in [6.45, 7) is 11.5. The lowest BCUT2D eigenvalue weighted by Gasteiger charge is -2.33. The second-order valence-corrected chi connectivity index (χ2v) is 8.68. The molecule has 3 N–H and O–H groups in total. The van der Waals surface area contributed by atoms with Crippen molar-refractivity contribution in [3.05, 3.63) is 17.6 Å². The first-order valence-electron chi connectivity index (χ1n) is 6.67. The molecule has 1 amide bonds. The Morgan fingerprint density at radius 2 is 1.81 bits per heavy atom. The molecule has 0 atom stereocenters. The standard InChI is InChI=1S/C14H24N2O4S/c1-9-11(21(15,18)19)7-10(20-9)12(17)16-14(5,6)8-13(2,3)4/h7H,8H2,1-6H3,(H,16,17)(H2,15,18,19). The van der Waals surface area contributed by atoms with Crippen LogP contribution in [0.1, 0.15) is 57.4 Å². The number of sulfonamides is 1. The molecule has 0 saturated carbocycles. The first-order valence-corrected chi connectivity index (χ1v) is 8.22. The molecule has 6 nitrogen and oxygen atoms in total. The molecular formula is C14H24N2O4S. The number of aryl methyl sites for hydroxylation is 1. The summed E-state index contributed by atoms with van der Waals surface area (Å²) in [5.74, 6) is -0.406. The molecule has 0 spiro atoms. The third-order valence-electron chi connectivity index (χ3n) is 2.83. The summed E-state index contributed by atoms with van der Waals surface area (Å²) in [6.07, 6.45) is 0.757. The Hall–Kier alpha value is -1.34. The zero-order valence-electron chi connectivity index (χ0n) is 13.4. The van der Waals surface area contributed by atoms with Crippen LogP contribution in [-0.2, 0) is 10.0 Å². The Morgan fingerprint density at radius 3 is 2.19 bits per heavy atom. The van der Waals surface area contributed by atoms with Crippen molar-refractivity contribution in [1.82, 2.24) is 5.32 Å². The normalized spacial score (nSPS) is 13.3. The predicted octanol–water partition coefficient (Wildman–Crippen LogP) is 2.18. The summed E-state index contributed by atoms with van der Waals surface area (Å²) in [7, 11) is -3.89. The molecule has 0 aliphatic rings. The molecule has 0 aliphatic carbocycles. The number of hydrogen-bond acceptors (Lipinski definition) is 4. The highest BCUT2D eigenvalue weighted by atomic mass is 32.2. The van der Waals surface area contributed by atoms with Gasteiger partial charge in [0.25, 0.3) is 5.91 Å². The predicted molar refractivity (Wildman–Crippen MR) is 80.4 cm³/mol. The first kappa shape index (κ1) is 17.7. The number of carbonyl (C=O) groups is 1. The number of primary sulfonamides is 1. The van der Waals surface area contributed by atoms with E-state index in [0.29, 0.717) is 0 Å². The average molecular weight is 316 g/mol. The van der Waals surface area contributed by atoms with Crippen molar-refractivity contribution in [2.45, 2.75) is 58.4 Å². The maximum Gasteiger partial charge on any atom is 0.287 e. The number of carbonyl (C=O) groups excluding carboxylic acids is 1. The van der Waals surface area contributed by atoms with Crippen LogP contribution in [0, 0.1) is 12.3 Å². The molecule has 0 radical (unpaired) electrons. The van der Waals surface area contributed by atoms with Gasteiger partial charge in [0, 0.05) is 11.6 Å². The molecule has 7 heteroatoms. The molecule has 21 heavy (non-hydrogen) atoms. The van der Waals surface area contributed by atoms with Crippen molar-refractivity contribution < 1.29 is 17.6 Å². The maximum absolute atomic E-state index is 12.2. The zero-order chi connectivity index (χ0) is 16.6. The Bertz CT molecular complexity index is 636. The van der Waals surface area contributed by atoms with Crippen molar-refractivity contribution in [3.63, 3.8) is 0 Å². The van der Waals surface area contributed by atoms with Crippen LogP contribution in [0.15, 0.2) is 15.4 Å². The second kappa shape index (κ2) is 5.46. The molecule has 1 aromatic rings. The van der Waals surface area contributed by atoms with Crippen molar-refractivity contribution in [2.24, 2.45) is 10.6 Å². The highest BCUT2D eigenvalue weighted by molar-refractivity contribution is 7.89. The summed E-state index contributed by atoms with van der Waals surface area (Å²) in [5, 5.41) is 7.91. The van der Waals surface area contributed by atoms with Gasteiger partial charge in [-0.3, -0.25) is 4.79 Å². The zero-order valence-corrected chi connectivity index (χ0v) is 14.2. The van der Waals surface area contributed by atoms with Crippen LogP contribution in [0.25, 0.3) is 0 Å². The van der Waals surface area contributed by atoms with Gasteiger partial charge >= 0.3 is 0 Å². The number of hydrogen-bond donors (Lipinski definition) is 2. The van der Waals surface area contributed by atoms with Crippen LogP contribution in [0.2, 0.25) is 0 Å². The van der Waals surface area contributed by atoms with Gasteiger partial charge in [-0.05, 0) is 32.6 Å². The largest absolute Gasteiger partial charge is 0.455 e. The number of amides is 1. The quantitative estimate of drug-likeness (QED) is 0.888. The number of furan rings is 1. The van der Waals surface area contributed by atoms with Gasteiger partial charge in [-0.1, -0.05) is 20.8 Å². The van der Waals surface area contributed by atoms with E-state index >= 15 is 0 Å². The van der Waals surface area contributed by atoms with Crippen LogP contribution in [-0.4, -0.2) is 19.9 Å². The van der Waals surface area contributed by atoms with E-state index in [9.17, 15) is 13.2 Å². The van der Waals surface area contributed by atoms with Crippen LogP contribution in [0.5, 0.6) is 0 Å². The van der Waals surface area contributed by atoms with Crippen LogP contribution in [0.4, 0.5) is 0 Å². The lowest BCUT2D eigenvalue weighted by atomic mass is 9.82. The summed E-state index contributed by atoms with van der Waals surface area (Å²) < 4.78 is 27.9. The van der Waals surface area contributed by atoms with E-state index in [4.69, 9.17) is 9.56 Å². The highest BCUT2D eigenvalue weighted by Crippen LogP contribution is 2.27. The molecular weight excluding hydrogens is 292 g/mol. The van der Waals surface area contributed by atoms with E-state index in [1.807, 2.05) is 13.8 Å². The third-order valence-corrected chi connectivity index (χ3v) is 3.85. The second-order valence-electron chi connectivity index (χ2n) is 7.15. The van der Waals surface area contributed by atoms with Crippen molar-refractivity contribution in [2.75, 3.05) is 0 Å². The van der Waals surface area contributed by atoms with E-state index in [1.165, 1.54) is 6.92 Å². The van der Waals surface area contributed by atoms with Gasteiger partial charge in [-0.15, -0.1) is 0 Å². The number of rotatable bonds is 4. The first-order chi connectivity index (χ1) is 9.21. The number of nitrogens with one attached hydrogen (secondary N) is 1. The van der Waals surface area contributed by atoms with Gasteiger partial charge in [0.15, 0.2) is 5.76 Å². The van der Waals surface area contributed by atoms with Crippen molar-refractivity contribution >= 4 is 15.9 Å². The minimum Gasteiger partial charge on any atom is -0.455 e. The van der Waals surface area contributed by atoms with E-state index in [1.54, 1.807) is 0 Å². The van der Waals surface area contributed by atoms with Crippen LogP contribution in [0.3, 0.4) is 0 Å². The molecule has 0 fully saturated rings. The van der Waals surface area contributed by atoms with Crippen molar-refractivity contribution in [3.8, 4) is 0 Å². The molecule has 0 aliphatic heterocycles. The molecule has 120 valence electrons. The molecule has 1 rings (SSSR count). The maximum atomic E-state index is 12.2. The third kappa shape index (κ3) is 5.17. The van der Waals surface area contributed by atoms with E-state index in [2.05, 4.69) is 26.1 Å². The van der Waals surface area contributed by atoms with Gasteiger partial charge in [0.1, 0.15) is 10.7 Å². The highest BCUT2D eigenvalue weighted by Gasteiger charge is 2.29. The van der Waals surface area contributed by atoms with E-state index in [0.717, 1.165) is 12.5 Å². The van der Waals surface area contributed by atoms with Gasteiger partial charge in [-0.2, -0.15) is 0 Å². The van der Waals surface area contributed by atoms with Gasteiger partial charge < -0.3 is 9.73 Å². The van der Waals surface area contributed by atoms with E-state index < -0.39 is 21.5 Å². The Morgan fingerprint density at radius 1 is 1.29 bits per heavy atom. The molecule has 0 bridgehead atoms. The fraction of sp³-hybridized carbons (Fsp3) is 0.643. The SMILES string of the molecule is Cc1oc(C(=O)NC(C)(C)CC(C)(C)C)cc1S(N)(=O)=O. The van der Waals surface area contributed by atoms with Crippen molar-refractivity contribution in [1.29, 1.82) is 0 Å². The minimum absolute atomic E-state index is 0.0433. The molecule has 0 aromatic carbocycles. The fourth-order valence-electron chi connectivity index (χ4n) is 2.60. The monoisotopic (exact) mass is 316 g/mol. The molecule has 0 unspecified atom stereocenters. The smallest absolute Gasteiger partial charge is 0.287 e. The van der Waals surface area contributed by atoms with Gasteiger partial charge in [-0.25, -0.2) is 13.6 Å². The molecule has 1 heterocycles. The minimum atomic E-state index is -3.89. The van der Waals surface area contributed by atoms with E-state index in [-0.39, 0.29) is 21.8 Å². The summed E-state index contributed by atoms with van der Waals surface area (Å²) >= 11 is 0. The number of nitrogens with two attached hydrogens (primary N) is 1. The topological polar surface area (TPSA) is 102 Å². The molecule has 0 saturated heterocycles. The summed E-state index contributed by atoms with van der Waals surface area (Å²) in [5.41, 5.74) is -0.403. The summed E-state index contributed by atoms with van der Waals surface area (Å²) in [4.78, 5) is 12.0. The Kier molecular flexibility index (Phi) is 4.60. The summed E-state index contributed by atoms with van der Waals surface area (Å²) in [6, 6.07) is 1.16. The Balaban J connectivity index is 2.96. The average Bonchev–Trinajstić information content (AvgIpc) is 2.54. The molecule has 1 aromatic heterocycles. The van der Waals surface area contributed by atoms with Gasteiger partial charge in [0.2, 0.25) is 10.0 Å².